The van der Waals surface area contributed by atoms with Crippen LogP contribution in [0, 0.1) is 5.92 Å². The van der Waals surface area contributed by atoms with Crippen molar-refractivity contribution in [2.24, 2.45) is 5.92 Å². The Morgan fingerprint density at radius 2 is 1.88 bits per heavy atom. The number of carboxylic acid groups (broad SMARTS) is 1. The molecule has 1 unspecified atom stereocenters. The first-order valence-electron chi connectivity index (χ1n) is 5.91. The van der Waals surface area contributed by atoms with Gasteiger partial charge in [0.25, 0.3) is 0 Å². The Labute approximate surface area is 103 Å². The minimum absolute atomic E-state index is 0.00845. The van der Waals surface area contributed by atoms with Gasteiger partial charge in [-0.25, -0.2) is 4.79 Å². The third kappa shape index (κ3) is 7.74. The molecule has 5 heteroatoms. The van der Waals surface area contributed by atoms with E-state index in [0.29, 0.717) is 12.8 Å². The van der Waals surface area contributed by atoms with Gasteiger partial charge in [-0.1, -0.05) is 13.8 Å². The summed E-state index contributed by atoms with van der Waals surface area (Å²) in [6, 6.07) is -0.791. The van der Waals surface area contributed by atoms with Crippen molar-refractivity contribution in [1.82, 2.24) is 5.32 Å². The predicted octanol–water partition coefficient (Wildman–Crippen LogP) is 1.42. The summed E-state index contributed by atoms with van der Waals surface area (Å²) in [5.74, 6) is -0.983. The highest BCUT2D eigenvalue weighted by Crippen LogP contribution is 2.06. The summed E-state index contributed by atoms with van der Waals surface area (Å²) < 4.78 is 5.02. The van der Waals surface area contributed by atoms with E-state index in [9.17, 15) is 9.59 Å². The Bertz CT molecular complexity index is 253. The second-order valence-electron chi connectivity index (χ2n) is 4.67. The molecule has 1 amide bonds. The van der Waals surface area contributed by atoms with Crippen LogP contribution in [-0.2, 0) is 14.3 Å². The van der Waals surface area contributed by atoms with Crippen molar-refractivity contribution in [3.05, 3.63) is 0 Å². The lowest BCUT2D eigenvalue weighted by Gasteiger charge is -2.17. The van der Waals surface area contributed by atoms with Crippen LogP contribution in [0.2, 0.25) is 0 Å². The van der Waals surface area contributed by atoms with E-state index in [2.05, 4.69) is 5.32 Å². The highest BCUT2D eigenvalue weighted by atomic mass is 16.5. The number of methoxy groups -OCH3 is 1. The number of carbonyl (C=O) groups excluding carboxylic acids is 1. The van der Waals surface area contributed by atoms with Crippen molar-refractivity contribution in [2.45, 2.75) is 52.2 Å². The average molecular weight is 245 g/mol. The molecule has 0 aromatic rings. The van der Waals surface area contributed by atoms with Crippen LogP contribution in [0.3, 0.4) is 0 Å². The molecule has 2 N–H and O–H groups in total. The fourth-order valence-corrected chi connectivity index (χ4v) is 1.41. The minimum Gasteiger partial charge on any atom is -0.480 e. The standard InChI is InChI=1S/C12H23NO4/c1-8(2)7-10(12(15)16)13-11(14)6-5-9(3)17-4/h8-10H,5-7H2,1-4H3,(H,13,14)(H,15,16)/t9?,10-/m1/s1. The molecule has 100 valence electrons. The highest BCUT2D eigenvalue weighted by Gasteiger charge is 2.20. The third-order valence-electron chi connectivity index (χ3n) is 2.52. The zero-order chi connectivity index (χ0) is 13.4. The van der Waals surface area contributed by atoms with Gasteiger partial charge in [0, 0.05) is 13.5 Å². The Hall–Kier alpha value is -1.10. The molecule has 0 rings (SSSR count). The van der Waals surface area contributed by atoms with Crippen LogP contribution in [0.25, 0.3) is 0 Å². The molecule has 0 heterocycles. The zero-order valence-electron chi connectivity index (χ0n) is 11.0. The smallest absolute Gasteiger partial charge is 0.326 e. The van der Waals surface area contributed by atoms with Gasteiger partial charge in [-0.15, -0.1) is 0 Å². The molecule has 0 aromatic heterocycles. The van der Waals surface area contributed by atoms with E-state index in [1.165, 1.54) is 0 Å². The van der Waals surface area contributed by atoms with Crippen LogP contribution >= 0.6 is 0 Å². The second-order valence-corrected chi connectivity index (χ2v) is 4.67. The molecule has 0 aliphatic rings. The SMILES string of the molecule is COC(C)CCC(=O)N[C@H](CC(C)C)C(=O)O. The maximum Gasteiger partial charge on any atom is 0.326 e. The molecular formula is C12H23NO4. The van der Waals surface area contributed by atoms with Crippen LogP contribution < -0.4 is 5.32 Å². The summed E-state index contributed by atoms with van der Waals surface area (Å²) in [6.07, 6.45) is 1.34. The van der Waals surface area contributed by atoms with Crippen LogP contribution in [-0.4, -0.2) is 36.2 Å². The summed E-state index contributed by atoms with van der Waals surface area (Å²) in [4.78, 5) is 22.5. The lowest BCUT2D eigenvalue weighted by Crippen LogP contribution is -2.41. The normalized spacial score (nSPS) is 14.4. The first kappa shape index (κ1) is 15.9. The number of ether oxygens (including phenoxy) is 1. The molecule has 0 spiro atoms. The van der Waals surface area contributed by atoms with Crippen molar-refractivity contribution < 1.29 is 19.4 Å². The van der Waals surface area contributed by atoms with Crippen molar-refractivity contribution in [2.75, 3.05) is 7.11 Å². The summed E-state index contributed by atoms with van der Waals surface area (Å²) in [6.45, 7) is 5.72. The highest BCUT2D eigenvalue weighted by molar-refractivity contribution is 5.83. The van der Waals surface area contributed by atoms with Crippen LogP contribution in [0.1, 0.15) is 40.0 Å². The number of hydrogen-bond acceptors (Lipinski definition) is 3. The number of carboxylic acids is 1. The molecule has 0 bridgehead atoms. The Morgan fingerprint density at radius 1 is 1.29 bits per heavy atom. The second kappa shape index (κ2) is 8.06. The Balaban J connectivity index is 4.08. The maximum absolute atomic E-state index is 11.5. The van der Waals surface area contributed by atoms with Crippen molar-refractivity contribution >= 4 is 11.9 Å². The van der Waals surface area contributed by atoms with Gasteiger partial charge in [-0.05, 0) is 25.7 Å². The average Bonchev–Trinajstić information content (AvgIpc) is 2.24. The summed E-state index contributed by atoms with van der Waals surface area (Å²) in [5.41, 5.74) is 0. The molecule has 0 aliphatic heterocycles. The van der Waals surface area contributed by atoms with E-state index in [0.717, 1.165) is 0 Å². The topological polar surface area (TPSA) is 75.6 Å². The van der Waals surface area contributed by atoms with Crippen LogP contribution in [0.15, 0.2) is 0 Å². The molecule has 0 fully saturated rings. The minimum atomic E-state index is -0.980. The van der Waals surface area contributed by atoms with Gasteiger partial charge >= 0.3 is 5.97 Å². The van der Waals surface area contributed by atoms with E-state index >= 15 is 0 Å². The van der Waals surface area contributed by atoms with Gasteiger partial charge in [0.1, 0.15) is 6.04 Å². The van der Waals surface area contributed by atoms with E-state index in [1.54, 1.807) is 7.11 Å². The molecule has 17 heavy (non-hydrogen) atoms. The Kier molecular flexibility index (Phi) is 7.54. The zero-order valence-corrected chi connectivity index (χ0v) is 11.0. The predicted molar refractivity (Wildman–Crippen MR) is 64.7 cm³/mol. The van der Waals surface area contributed by atoms with E-state index in [-0.39, 0.29) is 24.3 Å². The molecule has 0 aromatic carbocycles. The number of amides is 1. The molecule has 0 saturated heterocycles. The van der Waals surface area contributed by atoms with Gasteiger partial charge in [-0.2, -0.15) is 0 Å². The fraction of sp³-hybridized carbons (Fsp3) is 0.833. The van der Waals surface area contributed by atoms with Crippen molar-refractivity contribution in [3.8, 4) is 0 Å². The number of rotatable bonds is 8. The van der Waals surface area contributed by atoms with Gasteiger partial charge in [-0.3, -0.25) is 4.79 Å². The molecule has 2 atom stereocenters. The number of aliphatic carboxylic acids is 1. The van der Waals surface area contributed by atoms with Crippen molar-refractivity contribution in [1.29, 1.82) is 0 Å². The molecule has 0 radical (unpaired) electrons. The number of nitrogens with one attached hydrogen (secondary N) is 1. The van der Waals surface area contributed by atoms with Crippen molar-refractivity contribution in [3.63, 3.8) is 0 Å². The third-order valence-corrected chi connectivity index (χ3v) is 2.52. The summed E-state index contributed by atoms with van der Waals surface area (Å²) in [5, 5.41) is 11.5. The van der Waals surface area contributed by atoms with E-state index in [1.807, 2.05) is 20.8 Å². The maximum atomic E-state index is 11.5. The van der Waals surface area contributed by atoms with Gasteiger partial charge < -0.3 is 15.2 Å². The van der Waals surface area contributed by atoms with Gasteiger partial charge in [0.15, 0.2) is 0 Å². The van der Waals surface area contributed by atoms with Gasteiger partial charge in [0.05, 0.1) is 6.10 Å². The molecule has 0 aliphatic carbocycles. The first-order chi connectivity index (χ1) is 7.86. The quantitative estimate of drug-likeness (QED) is 0.678. The van der Waals surface area contributed by atoms with E-state index < -0.39 is 12.0 Å². The Morgan fingerprint density at radius 3 is 2.29 bits per heavy atom. The lowest BCUT2D eigenvalue weighted by molar-refractivity contribution is -0.142. The fourth-order valence-electron chi connectivity index (χ4n) is 1.41. The summed E-state index contributed by atoms with van der Waals surface area (Å²) in [7, 11) is 1.58. The first-order valence-corrected chi connectivity index (χ1v) is 5.91. The lowest BCUT2D eigenvalue weighted by atomic mass is 10.0. The van der Waals surface area contributed by atoms with Gasteiger partial charge in [0.2, 0.25) is 5.91 Å². The monoisotopic (exact) mass is 245 g/mol. The summed E-state index contributed by atoms with van der Waals surface area (Å²) >= 11 is 0. The molecular weight excluding hydrogens is 222 g/mol. The van der Waals surface area contributed by atoms with Crippen LogP contribution in [0.4, 0.5) is 0 Å². The largest absolute Gasteiger partial charge is 0.480 e. The van der Waals surface area contributed by atoms with E-state index in [4.69, 9.17) is 9.84 Å². The number of carbonyl (C=O) groups is 2. The molecule has 0 saturated carbocycles. The molecule has 5 nitrogen and oxygen atoms in total. The van der Waals surface area contributed by atoms with Crippen LogP contribution in [0.5, 0.6) is 0 Å². The number of hydrogen-bond donors (Lipinski definition) is 2.